The Balaban J connectivity index is 2.28. The van der Waals surface area contributed by atoms with Gasteiger partial charge in [0.2, 0.25) is 5.91 Å². The first-order valence-corrected chi connectivity index (χ1v) is 5.07. The highest BCUT2D eigenvalue weighted by Gasteiger charge is 2.43. The van der Waals surface area contributed by atoms with Gasteiger partial charge in [-0.2, -0.15) is 0 Å². The quantitative estimate of drug-likeness (QED) is 0.656. The predicted octanol–water partition coefficient (Wildman–Crippen LogP) is 2.07. The number of amides is 1. The van der Waals surface area contributed by atoms with Crippen LogP contribution in [0.5, 0.6) is 0 Å². The van der Waals surface area contributed by atoms with Crippen LogP contribution in [0.2, 0.25) is 0 Å². The molecule has 2 aliphatic rings. The molecule has 2 unspecified atom stereocenters. The average Bonchev–Trinajstić information content (AvgIpc) is 2.23. The summed E-state index contributed by atoms with van der Waals surface area (Å²) in [5.74, 6) is 1.40. The molecule has 0 aromatic rings. The molecule has 0 saturated heterocycles. The molecular formula is C11H17NO. The van der Waals surface area contributed by atoms with E-state index in [9.17, 15) is 4.79 Å². The summed E-state index contributed by atoms with van der Waals surface area (Å²) in [4.78, 5) is 11.6. The Morgan fingerprint density at radius 1 is 1.62 bits per heavy atom. The Kier molecular flexibility index (Phi) is 1.76. The zero-order valence-electron chi connectivity index (χ0n) is 8.55. The summed E-state index contributed by atoms with van der Waals surface area (Å²) in [5, 5.41) is 3.01. The molecule has 1 heterocycles. The van der Waals surface area contributed by atoms with Crippen LogP contribution in [0, 0.1) is 17.3 Å². The van der Waals surface area contributed by atoms with Crippen molar-refractivity contribution < 1.29 is 4.79 Å². The summed E-state index contributed by atoms with van der Waals surface area (Å²) in [5.41, 5.74) is 0.981. The summed E-state index contributed by atoms with van der Waals surface area (Å²) < 4.78 is 0. The topological polar surface area (TPSA) is 29.1 Å². The lowest BCUT2D eigenvalue weighted by atomic mass is 9.75. The minimum absolute atomic E-state index is 0.194. The summed E-state index contributed by atoms with van der Waals surface area (Å²) >= 11 is 0. The van der Waals surface area contributed by atoms with Gasteiger partial charge in [0.1, 0.15) is 0 Å². The predicted molar refractivity (Wildman–Crippen MR) is 51.9 cm³/mol. The van der Waals surface area contributed by atoms with Gasteiger partial charge < -0.3 is 5.32 Å². The largest absolute Gasteiger partial charge is 0.329 e. The number of rotatable bonds is 1. The van der Waals surface area contributed by atoms with Gasteiger partial charge in [-0.15, -0.1) is 0 Å². The molecule has 1 aliphatic heterocycles. The third-order valence-electron chi connectivity index (χ3n) is 3.43. The molecule has 1 N–H and O–H groups in total. The van der Waals surface area contributed by atoms with E-state index in [2.05, 4.69) is 25.2 Å². The summed E-state index contributed by atoms with van der Waals surface area (Å²) in [7, 11) is 0. The van der Waals surface area contributed by atoms with Gasteiger partial charge in [-0.05, 0) is 31.8 Å². The Morgan fingerprint density at radius 2 is 2.31 bits per heavy atom. The molecule has 1 aliphatic carbocycles. The molecule has 2 heteroatoms. The molecule has 0 aromatic heterocycles. The number of nitrogens with one attached hydrogen (secondary N) is 1. The minimum Gasteiger partial charge on any atom is -0.329 e. The van der Waals surface area contributed by atoms with Crippen LogP contribution in [0.15, 0.2) is 11.8 Å². The van der Waals surface area contributed by atoms with E-state index >= 15 is 0 Å². The van der Waals surface area contributed by atoms with Gasteiger partial charge in [0.15, 0.2) is 0 Å². The Morgan fingerprint density at radius 3 is 2.92 bits per heavy atom. The molecule has 0 fully saturated rings. The molecule has 2 atom stereocenters. The van der Waals surface area contributed by atoms with Crippen molar-refractivity contribution in [3.8, 4) is 0 Å². The van der Waals surface area contributed by atoms with Crippen LogP contribution in [-0.2, 0) is 4.79 Å². The molecule has 2 rings (SSSR count). The van der Waals surface area contributed by atoms with Crippen molar-refractivity contribution in [1.29, 1.82) is 0 Å². The lowest BCUT2D eigenvalue weighted by Gasteiger charge is -2.27. The molecule has 72 valence electrons. The summed E-state index contributed by atoms with van der Waals surface area (Å²) in [6, 6.07) is 0. The zero-order chi connectivity index (χ0) is 9.64. The minimum atomic E-state index is -0.194. The van der Waals surface area contributed by atoms with E-state index in [4.69, 9.17) is 0 Å². The first-order valence-electron chi connectivity index (χ1n) is 5.07. The van der Waals surface area contributed by atoms with Crippen LogP contribution >= 0.6 is 0 Å². The monoisotopic (exact) mass is 179 g/mol. The third-order valence-corrected chi connectivity index (χ3v) is 3.43. The molecule has 2 nitrogen and oxygen atoms in total. The summed E-state index contributed by atoms with van der Waals surface area (Å²) in [6.45, 7) is 6.48. The fraction of sp³-hybridized carbons (Fsp3) is 0.727. The second kappa shape index (κ2) is 2.60. The fourth-order valence-electron chi connectivity index (χ4n) is 2.41. The number of hydrogen-bond donors (Lipinski definition) is 1. The maximum atomic E-state index is 11.6. The lowest BCUT2D eigenvalue weighted by molar-refractivity contribution is -0.125. The van der Waals surface area contributed by atoms with Crippen LogP contribution in [0.1, 0.15) is 33.6 Å². The normalized spacial score (nSPS) is 37.7. The lowest BCUT2D eigenvalue weighted by Crippen LogP contribution is -2.28. The maximum absolute atomic E-state index is 11.6. The zero-order valence-corrected chi connectivity index (χ0v) is 8.55. The van der Waals surface area contributed by atoms with Crippen LogP contribution in [0.4, 0.5) is 0 Å². The number of fused-ring (bicyclic) bond motifs is 1. The Bertz CT molecular complexity index is 280. The van der Waals surface area contributed by atoms with Gasteiger partial charge in [0, 0.05) is 11.6 Å². The standard InChI is InChI=1S/C11H17NO/c1-7(2)8-4-5-11(3)6-9(8)12-10(11)13/h6-8H,4-5H2,1-3H3,(H,12,13). The van der Waals surface area contributed by atoms with E-state index in [1.807, 2.05) is 6.92 Å². The Hall–Kier alpha value is -0.790. The second-order valence-corrected chi connectivity index (χ2v) is 4.86. The summed E-state index contributed by atoms with van der Waals surface area (Å²) in [6.07, 6.45) is 4.30. The third kappa shape index (κ3) is 1.19. The molecular weight excluding hydrogens is 162 g/mol. The van der Waals surface area contributed by atoms with E-state index in [0.29, 0.717) is 11.8 Å². The highest BCUT2D eigenvalue weighted by atomic mass is 16.2. The number of carbonyl (C=O) groups excluding carboxylic acids is 1. The maximum Gasteiger partial charge on any atom is 0.233 e. The van der Waals surface area contributed by atoms with E-state index in [1.165, 1.54) is 5.70 Å². The number of carbonyl (C=O) groups is 1. The van der Waals surface area contributed by atoms with Crippen molar-refractivity contribution in [3.63, 3.8) is 0 Å². The second-order valence-electron chi connectivity index (χ2n) is 4.86. The van der Waals surface area contributed by atoms with Gasteiger partial charge >= 0.3 is 0 Å². The Labute approximate surface area is 79.4 Å². The fourth-order valence-corrected chi connectivity index (χ4v) is 2.41. The van der Waals surface area contributed by atoms with Crippen LogP contribution in [0.25, 0.3) is 0 Å². The average molecular weight is 179 g/mol. The van der Waals surface area contributed by atoms with Gasteiger partial charge in [0.05, 0.1) is 5.41 Å². The van der Waals surface area contributed by atoms with Crippen LogP contribution in [-0.4, -0.2) is 5.91 Å². The highest BCUT2D eigenvalue weighted by molar-refractivity contribution is 5.89. The molecule has 2 bridgehead atoms. The molecule has 0 spiro atoms. The van der Waals surface area contributed by atoms with Gasteiger partial charge in [-0.25, -0.2) is 0 Å². The van der Waals surface area contributed by atoms with Gasteiger partial charge in [0.25, 0.3) is 0 Å². The smallest absolute Gasteiger partial charge is 0.233 e. The van der Waals surface area contributed by atoms with Gasteiger partial charge in [-0.1, -0.05) is 13.8 Å². The number of allylic oxidation sites excluding steroid dienone is 1. The first-order chi connectivity index (χ1) is 6.03. The van der Waals surface area contributed by atoms with Crippen molar-refractivity contribution >= 4 is 5.91 Å². The van der Waals surface area contributed by atoms with E-state index < -0.39 is 0 Å². The van der Waals surface area contributed by atoms with Crippen LogP contribution in [0.3, 0.4) is 0 Å². The molecule has 13 heavy (non-hydrogen) atoms. The van der Waals surface area contributed by atoms with Crippen molar-refractivity contribution in [1.82, 2.24) is 5.32 Å². The first kappa shape index (κ1) is 8.79. The van der Waals surface area contributed by atoms with E-state index in [0.717, 1.165) is 12.8 Å². The van der Waals surface area contributed by atoms with E-state index in [1.54, 1.807) is 0 Å². The molecule has 0 saturated carbocycles. The van der Waals surface area contributed by atoms with Crippen LogP contribution < -0.4 is 5.32 Å². The van der Waals surface area contributed by atoms with Crippen molar-refractivity contribution in [3.05, 3.63) is 11.8 Å². The van der Waals surface area contributed by atoms with E-state index in [-0.39, 0.29) is 11.3 Å². The number of hydrogen-bond acceptors (Lipinski definition) is 1. The van der Waals surface area contributed by atoms with Crippen molar-refractivity contribution in [2.45, 2.75) is 33.6 Å². The SMILES string of the molecule is CC(C)C1CCC2(C)C=C1NC2=O. The van der Waals surface area contributed by atoms with Crippen molar-refractivity contribution in [2.75, 3.05) is 0 Å². The molecule has 0 radical (unpaired) electrons. The highest BCUT2D eigenvalue weighted by Crippen LogP contribution is 2.43. The van der Waals surface area contributed by atoms with Gasteiger partial charge in [-0.3, -0.25) is 4.79 Å². The molecule has 0 aromatic carbocycles. The van der Waals surface area contributed by atoms with Crippen molar-refractivity contribution in [2.24, 2.45) is 17.3 Å². The molecule has 1 amide bonds.